The number of hydrogen-bond acceptors (Lipinski definition) is 7. The van der Waals surface area contributed by atoms with Gasteiger partial charge in [0.05, 0.1) is 32.4 Å². The molecule has 0 saturated carbocycles. The summed E-state index contributed by atoms with van der Waals surface area (Å²) in [5, 5.41) is 0. The van der Waals surface area contributed by atoms with E-state index >= 15 is 0 Å². The molecule has 3 heterocycles. The van der Waals surface area contributed by atoms with Crippen LogP contribution in [0.25, 0.3) is 22.2 Å². The van der Waals surface area contributed by atoms with Gasteiger partial charge in [-0.3, -0.25) is 9.78 Å². The van der Waals surface area contributed by atoms with Crippen LogP contribution in [0, 0.1) is 0 Å². The smallest absolute Gasteiger partial charge is 0.169 e. The second-order valence-electron chi connectivity index (χ2n) is 7.84. The number of rotatable bonds is 6. The number of ketones is 1. The molecule has 1 aliphatic rings. The summed E-state index contributed by atoms with van der Waals surface area (Å²) < 4.78 is 10.9. The van der Waals surface area contributed by atoms with E-state index in [1.807, 2.05) is 48.5 Å². The second-order valence-corrected chi connectivity index (χ2v) is 7.84. The quantitative estimate of drug-likeness (QED) is 0.420. The van der Waals surface area contributed by atoms with Crippen LogP contribution in [0.3, 0.4) is 0 Å². The number of morpholine rings is 1. The Hall–Kier alpha value is -3.84. The summed E-state index contributed by atoms with van der Waals surface area (Å²) in [6, 6.07) is 17.5. The van der Waals surface area contributed by atoms with Gasteiger partial charge in [0.2, 0.25) is 0 Å². The molecule has 0 aliphatic carbocycles. The zero-order valence-electron chi connectivity index (χ0n) is 18.4. The molecule has 0 unspecified atom stereocenters. The summed E-state index contributed by atoms with van der Waals surface area (Å²) in [5.41, 5.74) is 4.62. The lowest BCUT2D eigenvalue weighted by atomic mass is 10.0. The molecule has 1 fully saturated rings. The monoisotopic (exact) mass is 440 g/mol. The molecule has 33 heavy (non-hydrogen) atoms. The number of aromatic nitrogens is 3. The van der Waals surface area contributed by atoms with Crippen molar-refractivity contribution in [2.24, 2.45) is 0 Å². The molecule has 0 spiro atoms. The van der Waals surface area contributed by atoms with Gasteiger partial charge in [-0.2, -0.15) is 0 Å². The van der Waals surface area contributed by atoms with Gasteiger partial charge in [-0.1, -0.05) is 30.3 Å². The van der Waals surface area contributed by atoms with E-state index in [0.717, 1.165) is 35.6 Å². The van der Waals surface area contributed by atoms with Crippen LogP contribution in [0.2, 0.25) is 0 Å². The molecule has 5 rings (SSSR count). The summed E-state index contributed by atoms with van der Waals surface area (Å²) >= 11 is 0. The number of hydrogen-bond donors (Lipinski definition) is 0. The maximum Gasteiger partial charge on any atom is 0.169 e. The number of methoxy groups -OCH3 is 1. The van der Waals surface area contributed by atoms with Crippen LogP contribution in [0.1, 0.15) is 16.1 Å². The topological polar surface area (TPSA) is 77.4 Å². The van der Waals surface area contributed by atoms with Gasteiger partial charge in [-0.25, -0.2) is 9.97 Å². The minimum atomic E-state index is -0.0289. The zero-order chi connectivity index (χ0) is 22.6. The molecular weight excluding hydrogens is 416 g/mol. The molecule has 2 aromatic heterocycles. The number of pyridine rings is 1. The van der Waals surface area contributed by atoms with Crippen LogP contribution < -0.4 is 9.64 Å². The number of Topliss-reactive ketones (excluding diaryl/α,β-unsaturated/α-hetero) is 1. The third-order valence-electron chi connectivity index (χ3n) is 5.76. The van der Waals surface area contributed by atoms with E-state index in [1.54, 1.807) is 25.6 Å². The number of carbonyl (C=O) groups excluding carboxylic acids is 1. The molecule has 166 valence electrons. The van der Waals surface area contributed by atoms with Gasteiger partial charge in [-0.15, -0.1) is 0 Å². The fourth-order valence-electron chi connectivity index (χ4n) is 4.04. The highest BCUT2D eigenvalue weighted by molar-refractivity contribution is 5.99. The van der Waals surface area contributed by atoms with Crippen molar-refractivity contribution in [1.82, 2.24) is 15.0 Å². The first kappa shape index (κ1) is 21.0. The fourth-order valence-corrected chi connectivity index (χ4v) is 4.04. The molecule has 4 aromatic rings. The number of nitrogens with zero attached hydrogens (tertiary/aromatic N) is 4. The highest BCUT2D eigenvalue weighted by Crippen LogP contribution is 2.32. The van der Waals surface area contributed by atoms with Crippen molar-refractivity contribution < 1.29 is 14.3 Å². The van der Waals surface area contributed by atoms with Crippen molar-refractivity contribution in [1.29, 1.82) is 0 Å². The number of carbonyl (C=O) groups is 1. The number of benzene rings is 2. The largest absolute Gasteiger partial charge is 0.494 e. The first-order valence-corrected chi connectivity index (χ1v) is 10.9. The Bertz CT molecular complexity index is 1290. The molecular formula is C26H24N4O3. The van der Waals surface area contributed by atoms with Gasteiger partial charge < -0.3 is 14.4 Å². The summed E-state index contributed by atoms with van der Waals surface area (Å²) in [4.78, 5) is 29.1. The average Bonchev–Trinajstić information content (AvgIpc) is 2.89. The highest BCUT2D eigenvalue weighted by Gasteiger charge is 2.17. The molecule has 0 atom stereocenters. The van der Waals surface area contributed by atoms with Crippen molar-refractivity contribution in [3.05, 3.63) is 78.2 Å². The van der Waals surface area contributed by atoms with Crippen LogP contribution in [0.5, 0.6) is 5.75 Å². The molecule has 2 aromatic carbocycles. The van der Waals surface area contributed by atoms with E-state index in [2.05, 4.69) is 14.9 Å². The Morgan fingerprint density at radius 2 is 1.85 bits per heavy atom. The van der Waals surface area contributed by atoms with Crippen molar-refractivity contribution in [3.8, 4) is 16.9 Å². The zero-order valence-corrected chi connectivity index (χ0v) is 18.4. The minimum Gasteiger partial charge on any atom is -0.494 e. The van der Waals surface area contributed by atoms with E-state index < -0.39 is 0 Å². The van der Waals surface area contributed by atoms with Crippen LogP contribution >= 0.6 is 0 Å². The third-order valence-corrected chi connectivity index (χ3v) is 5.76. The van der Waals surface area contributed by atoms with E-state index in [4.69, 9.17) is 14.5 Å². The molecule has 1 aliphatic heterocycles. The highest BCUT2D eigenvalue weighted by atomic mass is 16.5. The summed E-state index contributed by atoms with van der Waals surface area (Å²) in [5.74, 6) is 1.40. The minimum absolute atomic E-state index is 0.0289. The lowest BCUT2D eigenvalue weighted by Gasteiger charge is -2.27. The molecule has 0 amide bonds. The molecule has 0 bridgehead atoms. The summed E-state index contributed by atoms with van der Waals surface area (Å²) in [7, 11) is 1.61. The van der Waals surface area contributed by atoms with Crippen LogP contribution in [-0.2, 0) is 11.2 Å². The Balaban J connectivity index is 1.44. The average molecular weight is 441 g/mol. The van der Waals surface area contributed by atoms with Gasteiger partial charge in [-0.05, 0) is 29.8 Å². The fraction of sp³-hybridized carbons (Fsp3) is 0.231. The van der Waals surface area contributed by atoms with E-state index in [-0.39, 0.29) is 12.2 Å². The lowest BCUT2D eigenvalue weighted by Crippen LogP contribution is -2.36. The van der Waals surface area contributed by atoms with Gasteiger partial charge in [0.1, 0.15) is 22.6 Å². The number of fused-ring (bicyclic) bond motifs is 1. The van der Waals surface area contributed by atoms with Gasteiger partial charge >= 0.3 is 0 Å². The van der Waals surface area contributed by atoms with E-state index in [0.29, 0.717) is 35.7 Å². The SMILES string of the molecule is COc1ccc(-c2ccccc2)c2ncc(CC(=O)c3ccnc(N4CCOCC4)c3)nc12. The third kappa shape index (κ3) is 4.40. The van der Waals surface area contributed by atoms with Gasteiger partial charge in [0.15, 0.2) is 5.78 Å². The standard InChI is InChI=1S/C26H24N4O3/c1-32-23-8-7-21(18-5-3-2-4-6-18)25-26(23)29-20(17-28-25)16-22(31)19-9-10-27-24(15-19)30-11-13-33-14-12-30/h2-10,15,17H,11-14,16H2,1H3. The Morgan fingerprint density at radius 3 is 2.64 bits per heavy atom. The Kier molecular flexibility index (Phi) is 5.95. The molecule has 0 N–H and O–H groups in total. The molecule has 0 radical (unpaired) electrons. The maximum absolute atomic E-state index is 13.1. The van der Waals surface area contributed by atoms with Gasteiger partial charge in [0, 0.05) is 36.6 Å². The van der Waals surface area contributed by atoms with E-state index in [9.17, 15) is 4.79 Å². The van der Waals surface area contributed by atoms with Crippen LogP contribution in [-0.4, -0.2) is 54.1 Å². The van der Waals surface area contributed by atoms with Crippen LogP contribution in [0.4, 0.5) is 5.82 Å². The number of ether oxygens (including phenoxy) is 2. The number of anilines is 1. The summed E-state index contributed by atoms with van der Waals surface area (Å²) in [6.45, 7) is 2.87. The summed E-state index contributed by atoms with van der Waals surface area (Å²) in [6.07, 6.45) is 3.50. The first-order valence-electron chi connectivity index (χ1n) is 10.9. The predicted octanol–water partition coefficient (Wildman–Crippen LogP) is 3.96. The Morgan fingerprint density at radius 1 is 1.03 bits per heavy atom. The lowest BCUT2D eigenvalue weighted by molar-refractivity contribution is 0.0991. The molecule has 1 saturated heterocycles. The Labute approximate surface area is 192 Å². The maximum atomic E-state index is 13.1. The van der Waals surface area contributed by atoms with Crippen molar-refractivity contribution in [2.75, 3.05) is 38.3 Å². The predicted molar refractivity (Wildman–Crippen MR) is 127 cm³/mol. The molecule has 7 heteroatoms. The van der Waals surface area contributed by atoms with Crippen molar-refractivity contribution in [3.63, 3.8) is 0 Å². The van der Waals surface area contributed by atoms with E-state index in [1.165, 1.54) is 0 Å². The van der Waals surface area contributed by atoms with Crippen molar-refractivity contribution >= 4 is 22.6 Å². The van der Waals surface area contributed by atoms with Gasteiger partial charge in [0.25, 0.3) is 0 Å². The molecule has 7 nitrogen and oxygen atoms in total. The normalized spacial score (nSPS) is 13.8. The first-order chi connectivity index (χ1) is 16.2. The van der Waals surface area contributed by atoms with Crippen LogP contribution in [0.15, 0.2) is 67.0 Å². The van der Waals surface area contributed by atoms with Crippen molar-refractivity contribution in [2.45, 2.75) is 6.42 Å². The second kappa shape index (κ2) is 9.34.